The molecule has 0 aliphatic rings. The molecule has 1 aromatic carbocycles. The summed E-state index contributed by atoms with van der Waals surface area (Å²) < 4.78 is 1.47. The molecule has 2 aromatic rings. The van der Waals surface area contributed by atoms with Gasteiger partial charge in [-0.05, 0) is 44.0 Å². The van der Waals surface area contributed by atoms with Crippen LogP contribution in [0.25, 0.3) is 5.69 Å². The molecule has 0 fully saturated rings. The van der Waals surface area contributed by atoms with Crippen molar-refractivity contribution in [1.29, 1.82) is 0 Å². The van der Waals surface area contributed by atoms with Crippen LogP contribution in [0.2, 0.25) is 5.02 Å². The molecule has 0 aliphatic carbocycles. The minimum Gasteiger partial charge on any atom is -0.330 e. The van der Waals surface area contributed by atoms with Crippen LogP contribution in [-0.4, -0.2) is 21.3 Å². The van der Waals surface area contributed by atoms with Gasteiger partial charge in [0.15, 0.2) is 5.82 Å². The van der Waals surface area contributed by atoms with E-state index in [0.717, 1.165) is 24.8 Å². The zero-order chi connectivity index (χ0) is 15.4. The molecule has 1 aromatic heterocycles. The van der Waals surface area contributed by atoms with Crippen LogP contribution in [0.3, 0.4) is 0 Å². The molecule has 1 heterocycles. The van der Waals surface area contributed by atoms with Gasteiger partial charge in [-0.1, -0.05) is 24.1 Å². The highest BCUT2D eigenvalue weighted by Gasteiger charge is 2.17. The fraction of sp³-hybridized carbons (Fsp3) is 0.429. The van der Waals surface area contributed by atoms with E-state index in [1.54, 1.807) is 6.07 Å². The number of aromatic amines is 1. The molecule has 0 unspecified atom stereocenters. The summed E-state index contributed by atoms with van der Waals surface area (Å²) in [5.41, 5.74) is 12.9. The first-order valence-corrected chi connectivity index (χ1v) is 7.32. The minimum absolute atomic E-state index is 0.320. The SMILES string of the molecule is Cc1ccc(-n2c([C@@H](N)CCCCN)n[nH]c2=O)cc1Cl. The molecule has 0 saturated carbocycles. The van der Waals surface area contributed by atoms with Gasteiger partial charge in [0.1, 0.15) is 0 Å². The molecule has 0 radical (unpaired) electrons. The van der Waals surface area contributed by atoms with Crippen molar-refractivity contribution >= 4 is 11.6 Å². The van der Waals surface area contributed by atoms with Gasteiger partial charge in [-0.25, -0.2) is 14.5 Å². The molecule has 0 saturated heterocycles. The summed E-state index contributed by atoms with van der Waals surface area (Å²) in [7, 11) is 0. The highest BCUT2D eigenvalue weighted by Crippen LogP contribution is 2.21. The van der Waals surface area contributed by atoms with E-state index in [1.807, 2.05) is 19.1 Å². The standard InChI is InChI=1S/C14H20ClN5O/c1-9-5-6-10(8-11(9)15)20-13(18-19-14(20)21)12(17)4-2-3-7-16/h5-6,8,12H,2-4,7,16-17H2,1H3,(H,19,21)/t12-/m0/s1. The van der Waals surface area contributed by atoms with Gasteiger partial charge in [-0.15, -0.1) is 0 Å². The van der Waals surface area contributed by atoms with Gasteiger partial charge < -0.3 is 11.5 Å². The normalized spacial score (nSPS) is 12.6. The van der Waals surface area contributed by atoms with Gasteiger partial charge in [0.2, 0.25) is 0 Å². The lowest BCUT2D eigenvalue weighted by molar-refractivity contribution is 0.557. The van der Waals surface area contributed by atoms with Crippen molar-refractivity contribution in [1.82, 2.24) is 14.8 Å². The number of unbranched alkanes of at least 4 members (excludes halogenated alkanes) is 1. The summed E-state index contributed by atoms with van der Waals surface area (Å²) in [6.45, 7) is 2.54. The second kappa shape index (κ2) is 6.89. The number of H-pyrrole nitrogens is 1. The maximum absolute atomic E-state index is 12.0. The Kier molecular flexibility index (Phi) is 5.17. The Morgan fingerprint density at radius 3 is 2.86 bits per heavy atom. The van der Waals surface area contributed by atoms with Crippen LogP contribution in [0.4, 0.5) is 0 Å². The largest absolute Gasteiger partial charge is 0.347 e. The zero-order valence-corrected chi connectivity index (χ0v) is 12.7. The van der Waals surface area contributed by atoms with Crippen LogP contribution in [0.1, 0.15) is 36.7 Å². The Morgan fingerprint density at radius 1 is 1.43 bits per heavy atom. The smallest absolute Gasteiger partial charge is 0.330 e. The van der Waals surface area contributed by atoms with Gasteiger partial charge >= 0.3 is 5.69 Å². The Morgan fingerprint density at radius 2 is 2.19 bits per heavy atom. The van der Waals surface area contributed by atoms with Crippen molar-refractivity contribution < 1.29 is 0 Å². The first-order chi connectivity index (χ1) is 10.0. The summed E-state index contributed by atoms with van der Waals surface area (Å²) in [5, 5.41) is 7.10. The van der Waals surface area contributed by atoms with E-state index >= 15 is 0 Å². The fourth-order valence-corrected chi connectivity index (χ4v) is 2.34. The number of hydrogen-bond donors (Lipinski definition) is 3. The number of nitrogens with one attached hydrogen (secondary N) is 1. The lowest BCUT2D eigenvalue weighted by Gasteiger charge is -2.13. The van der Waals surface area contributed by atoms with Crippen molar-refractivity contribution in [2.75, 3.05) is 6.54 Å². The molecular formula is C14H20ClN5O. The third-order valence-corrected chi connectivity index (χ3v) is 3.82. The van der Waals surface area contributed by atoms with Crippen LogP contribution in [-0.2, 0) is 0 Å². The first-order valence-electron chi connectivity index (χ1n) is 6.94. The molecule has 0 bridgehead atoms. The molecule has 0 amide bonds. The Hall–Kier alpha value is -1.63. The maximum atomic E-state index is 12.0. The van der Waals surface area contributed by atoms with Crippen LogP contribution in [0.15, 0.2) is 23.0 Å². The summed E-state index contributed by atoms with van der Waals surface area (Å²) >= 11 is 6.13. The van der Waals surface area contributed by atoms with E-state index in [0.29, 0.717) is 23.1 Å². The zero-order valence-electron chi connectivity index (χ0n) is 12.0. The van der Waals surface area contributed by atoms with Crippen LogP contribution < -0.4 is 17.2 Å². The predicted octanol–water partition coefficient (Wildman–Crippen LogP) is 1.65. The number of nitrogens with two attached hydrogens (primary N) is 2. The summed E-state index contributed by atoms with van der Waals surface area (Å²) in [6.07, 6.45) is 2.52. The van der Waals surface area contributed by atoms with Crippen molar-refractivity contribution in [3.05, 3.63) is 45.1 Å². The highest BCUT2D eigenvalue weighted by atomic mass is 35.5. The van der Waals surface area contributed by atoms with Gasteiger partial charge in [0, 0.05) is 5.02 Å². The van der Waals surface area contributed by atoms with E-state index in [4.69, 9.17) is 23.1 Å². The molecule has 6 nitrogen and oxygen atoms in total. The molecule has 5 N–H and O–H groups in total. The second-order valence-corrected chi connectivity index (χ2v) is 5.45. The van der Waals surface area contributed by atoms with Crippen molar-refractivity contribution in [2.24, 2.45) is 11.5 Å². The van der Waals surface area contributed by atoms with E-state index < -0.39 is 0 Å². The number of benzene rings is 1. The predicted molar refractivity (Wildman–Crippen MR) is 83.8 cm³/mol. The molecule has 114 valence electrons. The van der Waals surface area contributed by atoms with Crippen LogP contribution in [0.5, 0.6) is 0 Å². The van der Waals surface area contributed by atoms with Gasteiger partial charge in [0.25, 0.3) is 0 Å². The highest BCUT2D eigenvalue weighted by molar-refractivity contribution is 6.31. The quantitative estimate of drug-likeness (QED) is 0.706. The van der Waals surface area contributed by atoms with E-state index in [1.165, 1.54) is 4.57 Å². The Bertz CT molecular complexity index is 664. The average molecular weight is 310 g/mol. The van der Waals surface area contributed by atoms with E-state index in [9.17, 15) is 4.79 Å². The minimum atomic E-state index is -0.324. The van der Waals surface area contributed by atoms with Crippen LogP contribution in [0, 0.1) is 6.92 Å². The number of rotatable bonds is 6. The molecule has 21 heavy (non-hydrogen) atoms. The number of aromatic nitrogens is 3. The maximum Gasteiger partial charge on any atom is 0.347 e. The van der Waals surface area contributed by atoms with Crippen LogP contribution >= 0.6 is 11.6 Å². The van der Waals surface area contributed by atoms with Gasteiger partial charge in [0.05, 0.1) is 11.7 Å². The molecule has 2 rings (SSSR count). The van der Waals surface area contributed by atoms with Crippen molar-refractivity contribution in [3.8, 4) is 5.69 Å². The summed E-state index contributed by atoms with van der Waals surface area (Å²) in [6, 6.07) is 5.11. The molecule has 1 atom stereocenters. The third-order valence-electron chi connectivity index (χ3n) is 3.41. The average Bonchev–Trinajstić information content (AvgIpc) is 2.84. The summed E-state index contributed by atoms with van der Waals surface area (Å²) in [4.78, 5) is 12.0. The van der Waals surface area contributed by atoms with Crippen molar-refractivity contribution in [2.45, 2.75) is 32.2 Å². The van der Waals surface area contributed by atoms with Gasteiger partial charge in [-0.2, -0.15) is 5.10 Å². The number of hydrogen-bond acceptors (Lipinski definition) is 4. The lowest BCUT2D eigenvalue weighted by Crippen LogP contribution is -2.22. The number of aryl methyl sites for hydroxylation is 1. The third kappa shape index (κ3) is 3.53. The molecule has 0 aliphatic heterocycles. The lowest BCUT2D eigenvalue weighted by atomic mass is 10.1. The second-order valence-electron chi connectivity index (χ2n) is 5.05. The first kappa shape index (κ1) is 15.8. The molecule has 7 heteroatoms. The Labute approximate surface area is 128 Å². The molecular weight excluding hydrogens is 290 g/mol. The molecule has 0 spiro atoms. The van der Waals surface area contributed by atoms with E-state index in [-0.39, 0.29) is 11.7 Å². The Balaban J connectivity index is 2.33. The topological polar surface area (TPSA) is 103 Å². The summed E-state index contributed by atoms with van der Waals surface area (Å²) in [5.74, 6) is 0.511. The monoisotopic (exact) mass is 309 g/mol. The van der Waals surface area contributed by atoms with E-state index in [2.05, 4.69) is 10.2 Å². The van der Waals surface area contributed by atoms with Gasteiger partial charge in [-0.3, -0.25) is 0 Å². The number of nitrogens with zero attached hydrogens (tertiary/aromatic N) is 2. The fourth-order valence-electron chi connectivity index (χ4n) is 2.17. The number of halogens is 1. The van der Waals surface area contributed by atoms with Crippen molar-refractivity contribution in [3.63, 3.8) is 0 Å².